The maximum atomic E-state index is 12.4. The topological polar surface area (TPSA) is 72.9 Å². The smallest absolute Gasteiger partial charge is 0.255 e. The van der Waals surface area contributed by atoms with Crippen LogP contribution in [-0.4, -0.2) is 56.3 Å². The normalized spacial score (nSPS) is 14.0. The van der Waals surface area contributed by atoms with Gasteiger partial charge in [-0.3, -0.25) is 4.79 Å². The van der Waals surface area contributed by atoms with Gasteiger partial charge in [-0.05, 0) is 24.3 Å². The summed E-state index contributed by atoms with van der Waals surface area (Å²) in [6, 6.07) is 9.24. The van der Waals surface area contributed by atoms with Crippen LogP contribution in [0.15, 0.2) is 36.5 Å². The SMILES string of the molecule is COc1cccc(OC)c1CNc1ccc(C(=O)N2CCOCC2)cn1. The lowest BCUT2D eigenvalue weighted by Crippen LogP contribution is -2.40. The Bertz CT molecular complexity index is 721. The summed E-state index contributed by atoms with van der Waals surface area (Å²) in [5, 5.41) is 3.24. The van der Waals surface area contributed by atoms with Gasteiger partial charge in [-0.15, -0.1) is 0 Å². The van der Waals surface area contributed by atoms with E-state index in [2.05, 4.69) is 10.3 Å². The summed E-state index contributed by atoms with van der Waals surface area (Å²) >= 11 is 0. The number of carbonyl (C=O) groups excluding carboxylic acids is 1. The van der Waals surface area contributed by atoms with E-state index in [4.69, 9.17) is 14.2 Å². The lowest BCUT2D eigenvalue weighted by atomic mass is 10.1. The molecule has 7 nitrogen and oxygen atoms in total. The fourth-order valence-corrected chi connectivity index (χ4v) is 2.86. The number of rotatable bonds is 6. The predicted octanol–water partition coefficient (Wildman–Crippen LogP) is 2.18. The lowest BCUT2D eigenvalue weighted by molar-refractivity contribution is 0.0302. The zero-order chi connectivity index (χ0) is 18.4. The molecule has 1 aromatic heterocycles. The number of nitrogens with one attached hydrogen (secondary N) is 1. The molecule has 1 aromatic carbocycles. The fourth-order valence-electron chi connectivity index (χ4n) is 2.86. The van der Waals surface area contributed by atoms with Crippen LogP contribution in [0.25, 0.3) is 0 Å². The van der Waals surface area contributed by atoms with Gasteiger partial charge in [0.15, 0.2) is 0 Å². The highest BCUT2D eigenvalue weighted by Crippen LogP contribution is 2.28. The zero-order valence-electron chi connectivity index (χ0n) is 15.0. The van der Waals surface area contributed by atoms with Crippen LogP contribution >= 0.6 is 0 Å². The number of benzene rings is 1. The largest absolute Gasteiger partial charge is 0.496 e. The highest BCUT2D eigenvalue weighted by molar-refractivity contribution is 5.94. The number of aromatic nitrogens is 1. The second-order valence-corrected chi connectivity index (χ2v) is 5.83. The third kappa shape index (κ3) is 4.05. The lowest BCUT2D eigenvalue weighted by Gasteiger charge is -2.26. The molecule has 1 saturated heterocycles. The molecule has 1 fully saturated rings. The molecule has 0 saturated carbocycles. The van der Waals surface area contributed by atoms with Crippen molar-refractivity contribution < 1.29 is 19.0 Å². The Morgan fingerprint density at radius 2 is 1.85 bits per heavy atom. The van der Waals surface area contributed by atoms with Gasteiger partial charge in [-0.25, -0.2) is 4.98 Å². The molecule has 1 aliphatic heterocycles. The number of pyridine rings is 1. The average molecular weight is 357 g/mol. The van der Waals surface area contributed by atoms with Crippen molar-refractivity contribution >= 4 is 11.7 Å². The van der Waals surface area contributed by atoms with Crippen LogP contribution in [0.2, 0.25) is 0 Å². The van der Waals surface area contributed by atoms with E-state index < -0.39 is 0 Å². The summed E-state index contributed by atoms with van der Waals surface area (Å²) in [6.45, 7) is 2.90. The van der Waals surface area contributed by atoms with E-state index in [-0.39, 0.29) is 5.91 Å². The van der Waals surface area contributed by atoms with E-state index in [1.165, 1.54) is 0 Å². The Hall–Kier alpha value is -2.80. The molecule has 0 atom stereocenters. The van der Waals surface area contributed by atoms with Gasteiger partial charge in [0.1, 0.15) is 17.3 Å². The van der Waals surface area contributed by atoms with Crippen molar-refractivity contribution in [2.45, 2.75) is 6.54 Å². The van der Waals surface area contributed by atoms with E-state index in [0.717, 1.165) is 17.1 Å². The van der Waals surface area contributed by atoms with Gasteiger partial charge < -0.3 is 24.4 Å². The maximum Gasteiger partial charge on any atom is 0.255 e. The van der Waals surface area contributed by atoms with Crippen molar-refractivity contribution in [1.29, 1.82) is 0 Å². The van der Waals surface area contributed by atoms with Gasteiger partial charge in [0.05, 0.1) is 38.6 Å². The second-order valence-electron chi connectivity index (χ2n) is 5.83. The zero-order valence-corrected chi connectivity index (χ0v) is 15.0. The maximum absolute atomic E-state index is 12.4. The van der Waals surface area contributed by atoms with E-state index >= 15 is 0 Å². The Morgan fingerprint density at radius 1 is 1.15 bits per heavy atom. The summed E-state index contributed by atoms with van der Waals surface area (Å²) in [7, 11) is 3.26. The molecule has 2 heterocycles. The van der Waals surface area contributed by atoms with Crippen LogP contribution in [0.1, 0.15) is 15.9 Å². The number of hydrogen-bond donors (Lipinski definition) is 1. The molecule has 0 bridgehead atoms. The summed E-state index contributed by atoms with van der Waals surface area (Å²) < 4.78 is 16.1. The second kappa shape index (κ2) is 8.53. The molecule has 26 heavy (non-hydrogen) atoms. The molecule has 3 rings (SSSR count). The van der Waals surface area contributed by atoms with Gasteiger partial charge in [-0.1, -0.05) is 6.07 Å². The van der Waals surface area contributed by atoms with Crippen molar-refractivity contribution in [3.8, 4) is 11.5 Å². The fraction of sp³-hybridized carbons (Fsp3) is 0.368. The molecule has 7 heteroatoms. The minimum absolute atomic E-state index is 0.0150. The van der Waals surface area contributed by atoms with E-state index in [0.29, 0.717) is 44.2 Å². The van der Waals surface area contributed by atoms with Gasteiger partial charge in [0, 0.05) is 25.8 Å². The number of nitrogens with zero attached hydrogens (tertiary/aromatic N) is 2. The summed E-state index contributed by atoms with van der Waals surface area (Å²) in [5.41, 5.74) is 1.49. The summed E-state index contributed by atoms with van der Waals surface area (Å²) in [6.07, 6.45) is 1.60. The van der Waals surface area contributed by atoms with E-state index in [1.807, 2.05) is 18.2 Å². The van der Waals surface area contributed by atoms with Gasteiger partial charge in [-0.2, -0.15) is 0 Å². The average Bonchev–Trinajstić information content (AvgIpc) is 2.72. The monoisotopic (exact) mass is 357 g/mol. The number of carbonyl (C=O) groups is 1. The Balaban J connectivity index is 1.66. The quantitative estimate of drug-likeness (QED) is 0.854. The van der Waals surface area contributed by atoms with E-state index in [9.17, 15) is 4.79 Å². The highest BCUT2D eigenvalue weighted by atomic mass is 16.5. The molecular formula is C19H23N3O4. The third-order valence-electron chi connectivity index (χ3n) is 4.28. The predicted molar refractivity (Wildman–Crippen MR) is 97.8 cm³/mol. The molecule has 2 aromatic rings. The highest BCUT2D eigenvalue weighted by Gasteiger charge is 2.18. The first-order valence-corrected chi connectivity index (χ1v) is 8.49. The van der Waals surface area contributed by atoms with Crippen LogP contribution in [0.3, 0.4) is 0 Å². The van der Waals surface area contributed by atoms with Crippen molar-refractivity contribution in [2.24, 2.45) is 0 Å². The first-order chi connectivity index (χ1) is 12.7. The van der Waals surface area contributed by atoms with Crippen LogP contribution in [-0.2, 0) is 11.3 Å². The third-order valence-corrected chi connectivity index (χ3v) is 4.28. The van der Waals surface area contributed by atoms with Crippen LogP contribution in [0, 0.1) is 0 Å². The number of methoxy groups -OCH3 is 2. The van der Waals surface area contributed by atoms with Crippen molar-refractivity contribution in [1.82, 2.24) is 9.88 Å². The van der Waals surface area contributed by atoms with Crippen LogP contribution in [0.5, 0.6) is 11.5 Å². The molecule has 1 amide bonds. The Morgan fingerprint density at radius 3 is 2.42 bits per heavy atom. The van der Waals surface area contributed by atoms with Gasteiger partial charge in [0.25, 0.3) is 5.91 Å². The molecule has 0 aliphatic carbocycles. The van der Waals surface area contributed by atoms with Crippen molar-refractivity contribution in [3.05, 3.63) is 47.7 Å². The number of morpholine rings is 1. The molecule has 0 radical (unpaired) electrons. The van der Waals surface area contributed by atoms with Crippen molar-refractivity contribution in [2.75, 3.05) is 45.8 Å². The molecule has 138 valence electrons. The first kappa shape index (κ1) is 18.0. The van der Waals surface area contributed by atoms with Crippen molar-refractivity contribution in [3.63, 3.8) is 0 Å². The molecule has 1 aliphatic rings. The minimum Gasteiger partial charge on any atom is -0.496 e. The standard InChI is InChI=1S/C19H23N3O4/c1-24-16-4-3-5-17(25-2)15(16)13-21-18-7-6-14(12-20-18)19(23)22-8-10-26-11-9-22/h3-7,12H,8-11,13H2,1-2H3,(H,20,21). The summed E-state index contributed by atoms with van der Waals surface area (Å²) in [5.74, 6) is 2.15. The molecule has 1 N–H and O–H groups in total. The number of hydrogen-bond acceptors (Lipinski definition) is 6. The molecule has 0 spiro atoms. The van der Waals surface area contributed by atoms with Crippen LogP contribution in [0.4, 0.5) is 5.82 Å². The molecular weight excluding hydrogens is 334 g/mol. The Kier molecular flexibility index (Phi) is 5.91. The van der Waals surface area contributed by atoms with Gasteiger partial charge in [0.2, 0.25) is 0 Å². The summed E-state index contributed by atoms with van der Waals surface area (Å²) in [4.78, 5) is 18.6. The van der Waals surface area contributed by atoms with E-state index in [1.54, 1.807) is 37.4 Å². The number of anilines is 1. The number of amides is 1. The first-order valence-electron chi connectivity index (χ1n) is 8.49. The van der Waals surface area contributed by atoms with Gasteiger partial charge >= 0.3 is 0 Å². The molecule has 0 unspecified atom stereocenters. The minimum atomic E-state index is -0.0150. The Labute approximate surface area is 152 Å². The number of ether oxygens (including phenoxy) is 3. The van der Waals surface area contributed by atoms with Crippen LogP contribution < -0.4 is 14.8 Å².